The molecule has 0 bridgehead atoms. The second-order valence-electron chi connectivity index (χ2n) is 22.8. The minimum absolute atomic E-state index is 0.0321. The lowest BCUT2D eigenvalue weighted by Gasteiger charge is -2.30. The first-order valence-electron chi connectivity index (χ1n) is 28.1. The van der Waals surface area contributed by atoms with Gasteiger partial charge in [0, 0.05) is 84.0 Å². The van der Waals surface area contributed by atoms with E-state index in [1.807, 2.05) is 0 Å². The number of Topliss-reactive ketones (excluding diaryl/α,β-unsaturated/α-hetero) is 3. The predicted molar refractivity (Wildman–Crippen MR) is 303 cm³/mol. The number of ketones is 3. The highest BCUT2D eigenvalue weighted by Gasteiger charge is 2.51. The largest absolute Gasteiger partial charge is 0.384 e. The third-order valence-electron chi connectivity index (χ3n) is 16.2. The van der Waals surface area contributed by atoms with Crippen molar-refractivity contribution in [3.8, 4) is 0 Å². The Morgan fingerprint density at radius 1 is 0.586 bits per heavy atom. The lowest BCUT2D eigenvalue weighted by Crippen LogP contribution is -2.52. The predicted octanol–water partition coefficient (Wildman–Crippen LogP) is 8.25. The number of allylic oxidation sites excluding steroid dienone is 2. The zero-order valence-corrected chi connectivity index (χ0v) is 48.5. The van der Waals surface area contributed by atoms with E-state index in [0.717, 1.165) is 36.6 Å². The number of halogens is 7. The zero-order chi connectivity index (χ0) is 63.6. The van der Waals surface area contributed by atoms with E-state index >= 15 is 0 Å². The molecule has 6 aliphatic heterocycles. The Morgan fingerprint density at radius 3 is 1.36 bits per heavy atom. The number of aliphatic hydroxyl groups is 1. The molecule has 6 aliphatic rings. The molecule has 4 N–H and O–H groups in total. The molecule has 10 rings (SSSR count). The average molecular weight is 1230 g/mol. The molecule has 24 heteroatoms. The molecule has 17 nitrogen and oxygen atoms in total. The van der Waals surface area contributed by atoms with Crippen molar-refractivity contribution in [3.63, 3.8) is 0 Å². The fourth-order valence-corrected chi connectivity index (χ4v) is 11.2. The molecule has 4 aromatic rings. The number of fused-ring (bicyclic) bond motifs is 3. The number of aryl methyl sites for hydroxylation is 4. The molecule has 3 unspecified atom stereocenters. The summed E-state index contributed by atoms with van der Waals surface area (Å²) >= 11 is 5.94. The summed E-state index contributed by atoms with van der Waals surface area (Å²) in [5, 5.41) is 17.3. The van der Waals surface area contributed by atoms with E-state index in [9.17, 15) is 79.4 Å². The van der Waals surface area contributed by atoms with E-state index in [0.29, 0.717) is 82.6 Å². The van der Waals surface area contributed by atoms with Crippen LogP contribution in [-0.4, -0.2) is 115 Å². The summed E-state index contributed by atoms with van der Waals surface area (Å²) in [6.07, 6.45) is -1.00. The molecule has 7 amide bonds. The van der Waals surface area contributed by atoms with Crippen molar-refractivity contribution in [2.24, 2.45) is 0 Å². The summed E-state index contributed by atoms with van der Waals surface area (Å²) in [4.78, 5) is 125. The topological polar surface area (TPSA) is 237 Å². The SMILES string of the molecule is C=C1CCC(N2Cc3cc(CCC(=O)C(F)(F)c4ccc(C)c(Cl)c4)ccc3C2=O)C(=O)N1.C=C1CCC(N2Cc3cc(CCC(=O)C(F)F)ccc3C2=O)C(=O)N1.CC(C)(O)C(F)(F)C(=O)CCc1ccc2c(c1)CN(C1CCC(=O)NC1=O)C2=O. The van der Waals surface area contributed by atoms with Gasteiger partial charge in [-0.1, -0.05) is 73.3 Å². The maximum atomic E-state index is 14.7. The first-order chi connectivity index (χ1) is 40.9. The quantitative estimate of drug-likeness (QED) is 0.0580. The van der Waals surface area contributed by atoms with E-state index < -0.39 is 77.2 Å². The van der Waals surface area contributed by atoms with Crippen molar-refractivity contribution < 1.29 is 79.4 Å². The minimum atomic E-state index is -3.86. The third-order valence-corrected chi connectivity index (χ3v) is 16.6. The maximum absolute atomic E-state index is 14.7. The molecule has 87 heavy (non-hydrogen) atoms. The molecule has 3 atom stereocenters. The van der Waals surface area contributed by atoms with Gasteiger partial charge in [-0.3, -0.25) is 53.3 Å². The fourth-order valence-electron chi connectivity index (χ4n) is 11.0. The first kappa shape index (κ1) is 64.7. The summed E-state index contributed by atoms with van der Waals surface area (Å²) < 4.78 is 81.7. The Hall–Kier alpha value is -8.31. The Morgan fingerprint density at radius 2 is 0.977 bits per heavy atom. The molecule has 4 aromatic carbocycles. The second-order valence-corrected chi connectivity index (χ2v) is 23.2. The van der Waals surface area contributed by atoms with Gasteiger partial charge >= 0.3 is 11.8 Å². The van der Waals surface area contributed by atoms with E-state index in [-0.39, 0.29) is 98.5 Å². The molecule has 0 radical (unpaired) electrons. The van der Waals surface area contributed by atoms with Gasteiger partial charge in [0.15, 0.2) is 5.78 Å². The number of alkyl halides is 6. The van der Waals surface area contributed by atoms with Crippen LogP contribution in [0.3, 0.4) is 0 Å². The van der Waals surface area contributed by atoms with Crippen LogP contribution in [0.5, 0.6) is 0 Å². The van der Waals surface area contributed by atoms with Gasteiger partial charge in [0.05, 0.1) is 0 Å². The normalized spacial score (nSPS) is 19.4. The number of piperidine rings is 3. The van der Waals surface area contributed by atoms with Gasteiger partial charge in [-0.25, -0.2) is 8.78 Å². The summed E-state index contributed by atoms with van der Waals surface area (Å²) in [5.74, 6) is -13.3. The van der Waals surface area contributed by atoms with Gasteiger partial charge in [0.2, 0.25) is 35.2 Å². The summed E-state index contributed by atoms with van der Waals surface area (Å²) in [6.45, 7) is 11.7. The number of carbonyl (C=O) groups excluding carboxylic acids is 10. The number of amides is 7. The first-order valence-corrected chi connectivity index (χ1v) is 28.4. The zero-order valence-electron chi connectivity index (χ0n) is 47.8. The van der Waals surface area contributed by atoms with Crippen molar-refractivity contribution in [2.75, 3.05) is 0 Å². The van der Waals surface area contributed by atoms with Crippen LogP contribution in [0, 0.1) is 6.92 Å². The van der Waals surface area contributed by atoms with Gasteiger partial charge in [0.25, 0.3) is 24.1 Å². The highest BCUT2D eigenvalue weighted by Crippen LogP contribution is 2.36. The van der Waals surface area contributed by atoms with Gasteiger partial charge < -0.3 is 30.4 Å². The summed E-state index contributed by atoms with van der Waals surface area (Å²) in [7, 11) is 0. The van der Waals surface area contributed by atoms with E-state index in [2.05, 4.69) is 29.1 Å². The number of nitrogens with one attached hydrogen (secondary N) is 3. The van der Waals surface area contributed by atoms with Gasteiger partial charge in [-0.2, -0.15) is 17.6 Å². The molecule has 3 fully saturated rings. The molecule has 0 aromatic heterocycles. The van der Waals surface area contributed by atoms with Crippen LogP contribution < -0.4 is 16.0 Å². The van der Waals surface area contributed by atoms with Crippen molar-refractivity contribution in [2.45, 2.75) is 159 Å². The molecule has 0 aliphatic carbocycles. The lowest BCUT2D eigenvalue weighted by atomic mass is 9.93. The monoisotopic (exact) mass is 1230 g/mol. The Labute approximate surface area is 501 Å². The van der Waals surface area contributed by atoms with Crippen molar-refractivity contribution >= 4 is 70.3 Å². The van der Waals surface area contributed by atoms with Crippen LogP contribution in [0.4, 0.5) is 26.3 Å². The second kappa shape index (κ2) is 26.0. The maximum Gasteiger partial charge on any atom is 0.332 e. The van der Waals surface area contributed by atoms with Crippen LogP contribution in [0.2, 0.25) is 5.02 Å². The highest BCUT2D eigenvalue weighted by atomic mass is 35.5. The van der Waals surface area contributed by atoms with Crippen LogP contribution >= 0.6 is 11.6 Å². The summed E-state index contributed by atoms with van der Waals surface area (Å²) in [6, 6.07) is 16.9. The molecule has 460 valence electrons. The number of carbonyl (C=O) groups is 10. The average Bonchev–Trinajstić information content (AvgIpc) is 2.31. The smallest absolute Gasteiger partial charge is 0.332 e. The Kier molecular flexibility index (Phi) is 19.3. The van der Waals surface area contributed by atoms with Crippen molar-refractivity contribution in [1.82, 2.24) is 30.7 Å². The van der Waals surface area contributed by atoms with Crippen LogP contribution in [-0.2, 0) is 78.4 Å². The van der Waals surface area contributed by atoms with Gasteiger partial charge in [0.1, 0.15) is 23.7 Å². The molecule has 0 saturated carbocycles. The number of nitrogens with zero attached hydrogens (tertiary/aromatic N) is 3. The van der Waals surface area contributed by atoms with Crippen LogP contribution in [0.1, 0.15) is 147 Å². The highest BCUT2D eigenvalue weighted by molar-refractivity contribution is 6.31. The minimum Gasteiger partial charge on any atom is -0.384 e. The molecular formula is C63H63ClF6N6O11. The summed E-state index contributed by atoms with van der Waals surface area (Å²) in [5.41, 5.74) is 4.59. The third kappa shape index (κ3) is 14.3. The van der Waals surface area contributed by atoms with Gasteiger partial charge in [-0.15, -0.1) is 0 Å². The van der Waals surface area contributed by atoms with Gasteiger partial charge in [-0.05, 0) is 135 Å². The number of hydrogen-bond donors (Lipinski definition) is 4. The number of rotatable bonds is 17. The molecule has 0 spiro atoms. The number of imide groups is 1. The van der Waals surface area contributed by atoms with E-state index in [1.54, 1.807) is 61.5 Å². The van der Waals surface area contributed by atoms with Crippen molar-refractivity contribution in [1.29, 1.82) is 0 Å². The molecule has 3 saturated heterocycles. The number of benzene rings is 4. The number of hydrogen-bond acceptors (Lipinski definition) is 11. The van der Waals surface area contributed by atoms with Crippen LogP contribution in [0.25, 0.3) is 0 Å². The molecular weight excluding hydrogens is 1170 g/mol. The van der Waals surface area contributed by atoms with Crippen LogP contribution in [0.15, 0.2) is 97.3 Å². The Balaban J connectivity index is 0.000000171. The van der Waals surface area contributed by atoms with E-state index in [1.165, 1.54) is 26.8 Å². The standard InChI is InChI=1S/C25H23ClF2N2O3.C20H22F2N2O5.C18H18F2N2O3/c1-14-3-7-18(12-20(14)26)25(27,28)22(31)10-6-16-5-8-19-17(11-16)13-30(24(19)33)21-9-4-15(2)29-23(21)32;1-19(2,29)20(21,22)15(25)7-4-11-3-5-13-12(9-11)10-24(18(13)28)14-6-8-16(26)23-17(14)27;1-10-2-6-14(17(24)21-10)22-9-12-8-11(3-5-13(12)18(22)25)4-7-15(23)16(19)20/h3,5,7-8,11-12,21H,2,4,6,9-10,13H2,1H3,(H,29,32);3,5,9,14,29H,4,6-8,10H2,1-2H3,(H,23,26,27);3,5,8,14,16H,1-2,4,6-7,9H2,(H,21,24). The lowest BCUT2D eigenvalue weighted by molar-refractivity contribution is -0.180. The molecule has 6 heterocycles. The van der Waals surface area contributed by atoms with E-state index in [4.69, 9.17) is 11.6 Å². The van der Waals surface area contributed by atoms with Crippen molar-refractivity contribution in [3.05, 3.63) is 164 Å². The Bertz CT molecular complexity index is 3550. The fraction of sp³-hybridized carbons (Fsp3) is 0.397.